The van der Waals surface area contributed by atoms with E-state index >= 15 is 0 Å². The third-order valence-corrected chi connectivity index (χ3v) is 5.06. The maximum absolute atomic E-state index is 12.6. The molecule has 1 fully saturated rings. The lowest BCUT2D eigenvalue weighted by Gasteiger charge is -2.35. The number of carbonyl (C=O) groups is 2. The van der Waals surface area contributed by atoms with Gasteiger partial charge in [0.2, 0.25) is 0 Å². The predicted molar refractivity (Wildman–Crippen MR) is 97.5 cm³/mol. The van der Waals surface area contributed by atoms with Crippen LogP contribution in [0.4, 0.5) is 10.5 Å². The van der Waals surface area contributed by atoms with Gasteiger partial charge in [0.15, 0.2) is 0 Å². The van der Waals surface area contributed by atoms with Crippen molar-refractivity contribution >= 4 is 28.6 Å². The molecule has 1 aliphatic heterocycles. The van der Waals surface area contributed by atoms with Crippen molar-refractivity contribution in [3.05, 3.63) is 30.5 Å². The number of benzene rings is 1. The first-order chi connectivity index (χ1) is 12.0. The number of nitrogens with zero attached hydrogens (tertiary/aromatic N) is 2. The fourth-order valence-electron chi connectivity index (χ4n) is 3.57. The highest BCUT2D eigenvalue weighted by Gasteiger charge is 2.33. The molecule has 0 aliphatic carbocycles. The van der Waals surface area contributed by atoms with Crippen LogP contribution in [0.1, 0.15) is 20.3 Å². The van der Waals surface area contributed by atoms with Crippen LogP contribution >= 0.6 is 0 Å². The number of aryl methyl sites for hydroxylation is 1. The van der Waals surface area contributed by atoms with Crippen LogP contribution in [0.15, 0.2) is 30.5 Å². The number of aromatic nitrogens is 1. The van der Waals surface area contributed by atoms with E-state index in [0.29, 0.717) is 19.5 Å². The summed E-state index contributed by atoms with van der Waals surface area (Å²) in [6.07, 6.45) is 2.69. The zero-order chi connectivity index (χ0) is 18.0. The smallest absolute Gasteiger partial charge is 0.321 e. The molecule has 3 rings (SSSR count). The van der Waals surface area contributed by atoms with Gasteiger partial charge in [0.1, 0.15) is 0 Å². The summed E-state index contributed by atoms with van der Waals surface area (Å²) in [5, 5.41) is 4.14. The summed E-state index contributed by atoms with van der Waals surface area (Å²) in [5.74, 6) is -0.219. The molecule has 1 saturated heterocycles. The number of piperidine rings is 1. The molecule has 2 heterocycles. The second kappa shape index (κ2) is 7.17. The summed E-state index contributed by atoms with van der Waals surface area (Å²) in [6.45, 7) is 6.08. The molecule has 0 radical (unpaired) electrons. The fraction of sp³-hybridized carbons (Fsp3) is 0.474. The Labute approximate surface area is 147 Å². The van der Waals surface area contributed by atoms with E-state index < -0.39 is 0 Å². The molecule has 25 heavy (non-hydrogen) atoms. The van der Waals surface area contributed by atoms with Gasteiger partial charge in [-0.25, -0.2) is 4.79 Å². The number of hydrogen-bond acceptors (Lipinski definition) is 3. The van der Waals surface area contributed by atoms with Gasteiger partial charge in [-0.2, -0.15) is 0 Å². The molecule has 134 valence electrons. The van der Waals surface area contributed by atoms with E-state index in [1.807, 2.05) is 25.1 Å². The Morgan fingerprint density at radius 2 is 2.12 bits per heavy atom. The topological polar surface area (TPSA) is 63.6 Å². The second-order valence-corrected chi connectivity index (χ2v) is 6.65. The number of amides is 2. The predicted octanol–water partition coefficient (Wildman–Crippen LogP) is 3.32. The van der Waals surface area contributed by atoms with Crippen molar-refractivity contribution in [2.45, 2.75) is 26.8 Å². The number of fused-ring (bicyclic) bond motifs is 1. The number of urea groups is 1. The number of nitrogens with one attached hydrogen (secondary N) is 1. The number of likely N-dealkylation sites (tertiary alicyclic amines) is 1. The number of hydrogen-bond donors (Lipinski definition) is 1. The minimum Gasteiger partial charge on any atom is -0.469 e. The van der Waals surface area contributed by atoms with E-state index in [0.717, 1.165) is 23.1 Å². The SMILES string of the molecule is CCn1ccc2ccc(NC(=O)N3CC[C@@H](C(=O)OC)[C@@H](C)C3)cc21. The van der Waals surface area contributed by atoms with Gasteiger partial charge in [0, 0.05) is 31.5 Å². The number of methoxy groups -OCH3 is 1. The Hall–Kier alpha value is -2.50. The Kier molecular flexibility index (Phi) is 4.97. The van der Waals surface area contributed by atoms with Gasteiger partial charge in [-0.1, -0.05) is 13.0 Å². The lowest BCUT2D eigenvalue weighted by Crippen LogP contribution is -2.46. The minimum atomic E-state index is -0.182. The van der Waals surface area contributed by atoms with E-state index in [2.05, 4.69) is 29.1 Å². The monoisotopic (exact) mass is 343 g/mol. The van der Waals surface area contributed by atoms with Gasteiger partial charge >= 0.3 is 12.0 Å². The normalized spacial score (nSPS) is 20.5. The zero-order valence-electron chi connectivity index (χ0n) is 15.0. The van der Waals surface area contributed by atoms with Gasteiger partial charge in [0.05, 0.1) is 18.5 Å². The molecular formula is C19H25N3O3. The molecule has 1 N–H and O–H groups in total. The quantitative estimate of drug-likeness (QED) is 0.870. The van der Waals surface area contributed by atoms with Crippen LogP contribution in [0.2, 0.25) is 0 Å². The lowest BCUT2D eigenvalue weighted by molar-refractivity contribution is -0.148. The average Bonchev–Trinajstić information content (AvgIpc) is 3.03. The molecule has 2 atom stereocenters. The van der Waals surface area contributed by atoms with E-state index in [4.69, 9.17) is 4.74 Å². The number of rotatable bonds is 3. The fourth-order valence-corrected chi connectivity index (χ4v) is 3.57. The molecule has 1 aromatic heterocycles. The summed E-state index contributed by atoms with van der Waals surface area (Å²) in [7, 11) is 1.41. The van der Waals surface area contributed by atoms with E-state index in [-0.39, 0.29) is 23.8 Å². The Bertz CT molecular complexity index is 783. The summed E-state index contributed by atoms with van der Waals surface area (Å²) in [6, 6.07) is 7.89. The average molecular weight is 343 g/mol. The van der Waals surface area contributed by atoms with Gasteiger partial charge < -0.3 is 19.5 Å². The molecule has 2 amide bonds. The molecule has 1 aromatic carbocycles. The maximum Gasteiger partial charge on any atom is 0.321 e. The molecule has 6 heteroatoms. The van der Waals surface area contributed by atoms with Crippen molar-refractivity contribution in [3.63, 3.8) is 0 Å². The van der Waals surface area contributed by atoms with E-state index in [1.54, 1.807) is 4.90 Å². The van der Waals surface area contributed by atoms with Crippen molar-refractivity contribution in [2.24, 2.45) is 11.8 Å². The zero-order valence-corrected chi connectivity index (χ0v) is 15.0. The van der Waals surface area contributed by atoms with Gasteiger partial charge in [0.25, 0.3) is 0 Å². The molecule has 0 bridgehead atoms. The summed E-state index contributed by atoms with van der Waals surface area (Å²) in [4.78, 5) is 26.1. The molecule has 0 spiro atoms. The maximum atomic E-state index is 12.6. The number of carbonyl (C=O) groups excluding carboxylic acids is 2. The highest BCUT2D eigenvalue weighted by molar-refractivity contribution is 5.93. The van der Waals surface area contributed by atoms with Crippen LogP contribution in [0.3, 0.4) is 0 Å². The Morgan fingerprint density at radius 3 is 2.80 bits per heavy atom. The van der Waals surface area contributed by atoms with Crippen molar-refractivity contribution in [1.82, 2.24) is 9.47 Å². The molecule has 0 unspecified atom stereocenters. The van der Waals surface area contributed by atoms with Crippen LogP contribution in [0.5, 0.6) is 0 Å². The van der Waals surface area contributed by atoms with Crippen molar-refractivity contribution in [3.8, 4) is 0 Å². The largest absolute Gasteiger partial charge is 0.469 e. The Morgan fingerprint density at radius 1 is 1.32 bits per heavy atom. The molecule has 2 aromatic rings. The standard InChI is InChI=1S/C19H25N3O3/c1-4-21-9-7-14-5-6-15(11-17(14)21)20-19(24)22-10-8-16(13(2)12-22)18(23)25-3/h5-7,9,11,13,16H,4,8,10,12H2,1-3H3,(H,20,24)/t13-,16+/m0/s1. The summed E-state index contributed by atoms with van der Waals surface area (Å²) in [5.41, 5.74) is 1.90. The van der Waals surface area contributed by atoms with Crippen LogP contribution in [0.25, 0.3) is 10.9 Å². The molecular weight excluding hydrogens is 318 g/mol. The van der Waals surface area contributed by atoms with Crippen molar-refractivity contribution in [2.75, 3.05) is 25.5 Å². The summed E-state index contributed by atoms with van der Waals surface area (Å²) < 4.78 is 6.99. The first kappa shape index (κ1) is 17.3. The summed E-state index contributed by atoms with van der Waals surface area (Å²) >= 11 is 0. The number of ether oxygens (including phenoxy) is 1. The molecule has 6 nitrogen and oxygen atoms in total. The van der Waals surface area contributed by atoms with Crippen LogP contribution < -0.4 is 5.32 Å². The number of esters is 1. The van der Waals surface area contributed by atoms with Crippen LogP contribution in [-0.2, 0) is 16.1 Å². The Balaban J connectivity index is 1.67. The first-order valence-electron chi connectivity index (χ1n) is 8.76. The number of anilines is 1. The van der Waals surface area contributed by atoms with Crippen LogP contribution in [0, 0.1) is 11.8 Å². The van der Waals surface area contributed by atoms with Crippen molar-refractivity contribution in [1.29, 1.82) is 0 Å². The minimum absolute atomic E-state index is 0.0896. The highest BCUT2D eigenvalue weighted by Crippen LogP contribution is 2.26. The molecule has 0 saturated carbocycles. The van der Waals surface area contributed by atoms with Crippen molar-refractivity contribution < 1.29 is 14.3 Å². The lowest BCUT2D eigenvalue weighted by atomic mass is 9.87. The van der Waals surface area contributed by atoms with E-state index in [1.165, 1.54) is 7.11 Å². The van der Waals surface area contributed by atoms with Gasteiger partial charge in [-0.05, 0) is 42.8 Å². The van der Waals surface area contributed by atoms with Crippen LogP contribution in [-0.4, -0.2) is 41.7 Å². The van der Waals surface area contributed by atoms with Gasteiger partial charge in [-0.15, -0.1) is 0 Å². The van der Waals surface area contributed by atoms with E-state index in [9.17, 15) is 9.59 Å². The highest BCUT2D eigenvalue weighted by atomic mass is 16.5. The third-order valence-electron chi connectivity index (χ3n) is 5.06. The first-order valence-corrected chi connectivity index (χ1v) is 8.76. The van der Waals surface area contributed by atoms with Gasteiger partial charge in [-0.3, -0.25) is 4.79 Å². The second-order valence-electron chi connectivity index (χ2n) is 6.65. The third kappa shape index (κ3) is 3.48. The molecule has 1 aliphatic rings.